The fourth-order valence-electron chi connectivity index (χ4n) is 2.49. The number of nitrogens with one attached hydrogen (secondary N) is 1. The Morgan fingerprint density at radius 3 is 2.85 bits per heavy atom. The fourth-order valence-corrected chi connectivity index (χ4v) is 3.88. The molecular formula is C14H19N3O2S. The summed E-state index contributed by atoms with van der Waals surface area (Å²) >= 11 is 0. The highest BCUT2D eigenvalue weighted by Crippen LogP contribution is 2.21. The molecule has 20 heavy (non-hydrogen) atoms. The van der Waals surface area contributed by atoms with E-state index >= 15 is 0 Å². The Morgan fingerprint density at radius 2 is 2.20 bits per heavy atom. The van der Waals surface area contributed by atoms with E-state index in [-0.39, 0.29) is 10.5 Å². The zero-order chi connectivity index (χ0) is 14.6. The monoisotopic (exact) mass is 293 g/mol. The second-order valence-corrected chi connectivity index (χ2v) is 7.12. The molecule has 108 valence electrons. The van der Waals surface area contributed by atoms with Crippen molar-refractivity contribution in [2.24, 2.45) is 5.92 Å². The van der Waals surface area contributed by atoms with Gasteiger partial charge >= 0.3 is 0 Å². The normalized spacial score (nSPS) is 19.8. The first kappa shape index (κ1) is 15.0. The molecule has 1 saturated heterocycles. The van der Waals surface area contributed by atoms with Crippen LogP contribution in [0, 0.1) is 17.2 Å². The summed E-state index contributed by atoms with van der Waals surface area (Å²) in [6.45, 7) is 2.33. The van der Waals surface area contributed by atoms with Gasteiger partial charge in [-0.05, 0) is 44.0 Å². The molecule has 1 heterocycles. The molecule has 2 rings (SSSR count). The Labute approximate surface area is 120 Å². The van der Waals surface area contributed by atoms with E-state index in [1.165, 1.54) is 16.4 Å². The van der Waals surface area contributed by atoms with Crippen LogP contribution in [-0.4, -0.2) is 39.4 Å². The number of nitrogens with zero attached hydrogens (tertiary/aromatic N) is 2. The van der Waals surface area contributed by atoms with Gasteiger partial charge in [-0.2, -0.15) is 5.26 Å². The van der Waals surface area contributed by atoms with Gasteiger partial charge in [0, 0.05) is 13.6 Å². The zero-order valence-corrected chi connectivity index (χ0v) is 12.4. The van der Waals surface area contributed by atoms with Crippen LogP contribution in [0.15, 0.2) is 29.2 Å². The van der Waals surface area contributed by atoms with Gasteiger partial charge in [-0.15, -0.1) is 0 Å². The van der Waals surface area contributed by atoms with E-state index in [1.807, 2.05) is 6.07 Å². The summed E-state index contributed by atoms with van der Waals surface area (Å²) in [6, 6.07) is 8.27. The van der Waals surface area contributed by atoms with Crippen LogP contribution in [0.3, 0.4) is 0 Å². The van der Waals surface area contributed by atoms with E-state index < -0.39 is 10.0 Å². The minimum absolute atomic E-state index is 0.0915. The number of nitriles is 1. The number of sulfonamides is 1. The third-order valence-corrected chi connectivity index (χ3v) is 5.49. The zero-order valence-electron chi connectivity index (χ0n) is 11.5. The van der Waals surface area contributed by atoms with E-state index in [0.29, 0.717) is 12.5 Å². The second kappa shape index (κ2) is 6.35. The van der Waals surface area contributed by atoms with Gasteiger partial charge in [0.25, 0.3) is 0 Å². The lowest BCUT2D eigenvalue weighted by Crippen LogP contribution is -2.39. The third-order valence-electron chi connectivity index (χ3n) is 3.61. The number of hydrogen-bond donors (Lipinski definition) is 1. The van der Waals surface area contributed by atoms with Crippen molar-refractivity contribution in [3.8, 4) is 6.07 Å². The van der Waals surface area contributed by atoms with Gasteiger partial charge in [0.15, 0.2) is 0 Å². The highest BCUT2D eigenvalue weighted by Gasteiger charge is 2.26. The summed E-state index contributed by atoms with van der Waals surface area (Å²) in [6.07, 6.45) is 2.11. The lowest BCUT2D eigenvalue weighted by Gasteiger charge is -2.27. The molecule has 1 fully saturated rings. The summed E-state index contributed by atoms with van der Waals surface area (Å²) in [5.41, 5.74) is 0.195. The minimum atomic E-state index is -3.60. The van der Waals surface area contributed by atoms with Gasteiger partial charge in [-0.1, -0.05) is 12.1 Å². The van der Waals surface area contributed by atoms with Gasteiger partial charge in [-0.25, -0.2) is 12.7 Å². The second-order valence-electron chi connectivity index (χ2n) is 5.11. The van der Waals surface area contributed by atoms with Crippen molar-refractivity contribution in [2.75, 3.05) is 26.7 Å². The van der Waals surface area contributed by atoms with Crippen LogP contribution in [0.2, 0.25) is 0 Å². The van der Waals surface area contributed by atoms with Crippen molar-refractivity contribution in [2.45, 2.75) is 17.7 Å². The Morgan fingerprint density at radius 1 is 1.45 bits per heavy atom. The summed E-state index contributed by atoms with van der Waals surface area (Å²) in [7, 11) is -2.02. The SMILES string of the molecule is CN(CC1CCCNC1)S(=O)(=O)c1ccccc1C#N. The summed E-state index contributed by atoms with van der Waals surface area (Å²) in [5.74, 6) is 0.331. The van der Waals surface area contributed by atoms with Crippen molar-refractivity contribution in [1.29, 1.82) is 5.26 Å². The molecule has 1 aromatic rings. The molecule has 6 heteroatoms. The lowest BCUT2D eigenvalue weighted by atomic mass is 10.00. The first-order valence-corrected chi connectivity index (χ1v) is 8.16. The van der Waals surface area contributed by atoms with E-state index in [2.05, 4.69) is 5.32 Å². The van der Waals surface area contributed by atoms with E-state index in [4.69, 9.17) is 5.26 Å². The van der Waals surface area contributed by atoms with E-state index in [9.17, 15) is 8.42 Å². The Bertz CT molecular complexity index is 601. The number of hydrogen-bond acceptors (Lipinski definition) is 4. The topological polar surface area (TPSA) is 73.2 Å². The molecule has 1 aliphatic rings. The van der Waals surface area contributed by atoms with E-state index in [1.54, 1.807) is 19.2 Å². The van der Waals surface area contributed by atoms with Crippen LogP contribution in [0.4, 0.5) is 0 Å². The van der Waals surface area contributed by atoms with E-state index in [0.717, 1.165) is 25.9 Å². The third kappa shape index (κ3) is 3.18. The quantitative estimate of drug-likeness (QED) is 0.904. The largest absolute Gasteiger partial charge is 0.316 e. The Balaban J connectivity index is 2.19. The molecule has 0 amide bonds. The van der Waals surface area contributed by atoms with Crippen LogP contribution in [0.1, 0.15) is 18.4 Å². The van der Waals surface area contributed by atoms with Gasteiger partial charge in [-0.3, -0.25) is 0 Å². The molecule has 5 nitrogen and oxygen atoms in total. The maximum atomic E-state index is 12.5. The van der Waals surface area contributed by atoms with Crippen LogP contribution in [-0.2, 0) is 10.0 Å². The first-order valence-electron chi connectivity index (χ1n) is 6.72. The van der Waals surface area contributed by atoms with Crippen LogP contribution in [0.25, 0.3) is 0 Å². The molecule has 0 radical (unpaired) electrons. The van der Waals surface area contributed by atoms with Crippen LogP contribution < -0.4 is 5.32 Å². The molecule has 0 aliphatic carbocycles. The maximum absolute atomic E-state index is 12.5. The lowest BCUT2D eigenvalue weighted by molar-refractivity contribution is 0.314. The molecule has 1 N–H and O–H groups in total. The summed E-state index contributed by atoms with van der Waals surface area (Å²) < 4.78 is 26.4. The highest BCUT2D eigenvalue weighted by molar-refractivity contribution is 7.89. The smallest absolute Gasteiger partial charge is 0.244 e. The maximum Gasteiger partial charge on any atom is 0.244 e. The highest BCUT2D eigenvalue weighted by atomic mass is 32.2. The molecule has 0 bridgehead atoms. The molecule has 0 aromatic heterocycles. The molecule has 0 saturated carbocycles. The standard InChI is InChI=1S/C14H19N3O2S/c1-17(11-12-5-4-8-16-10-12)20(18,19)14-7-3-2-6-13(14)9-15/h2-3,6-7,12,16H,4-5,8,10-11H2,1H3. The predicted molar refractivity (Wildman–Crippen MR) is 76.6 cm³/mol. The number of rotatable bonds is 4. The van der Waals surface area contributed by atoms with Crippen molar-refractivity contribution in [1.82, 2.24) is 9.62 Å². The number of piperidine rings is 1. The van der Waals surface area contributed by atoms with Gasteiger partial charge in [0.2, 0.25) is 10.0 Å². The van der Waals surface area contributed by atoms with Crippen molar-refractivity contribution in [3.63, 3.8) is 0 Å². The number of benzene rings is 1. The van der Waals surface area contributed by atoms with Crippen molar-refractivity contribution < 1.29 is 8.42 Å². The molecule has 1 atom stereocenters. The van der Waals surface area contributed by atoms with Gasteiger partial charge in [0.1, 0.15) is 6.07 Å². The Kier molecular flexibility index (Phi) is 4.76. The molecule has 1 unspecified atom stereocenters. The molecule has 0 spiro atoms. The molecule has 1 aliphatic heterocycles. The summed E-state index contributed by atoms with van der Waals surface area (Å²) in [4.78, 5) is 0.0915. The summed E-state index contributed by atoms with van der Waals surface area (Å²) in [5, 5.41) is 12.3. The van der Waals surface area contributed by atoms with Crippen molar-refractivity contribution in [3.05, 3.63) is 29.8 Å². The average Bonchev–Trinajstić information content (AvgIpc) is 2.48. The van der Waals surface area contributed by atoms with Crippen LogP contribution >= 0.6 is 0 Å². The minimum Gasteiger partial charge on any atom is -0.316 e. The predicted octanol–water partition coefficient (Wildman–Crippen LogP) is 1.18. The Hall–Kier alpha value is -1.42. The van der Waals surface area contributed by atoms with Crippen molar-refractivity contribution >= 4 is 10.0 Å². The van der Waals surface area contributed by atoms with Gasteiger partial charge in [0.05, 0.1) is 10.5 Å². The molecular weight excluding hydrogens is 274 g/mol. The molecule has 1 aromatic carbocycles. The van der Waals surface area contributed by atoms with Gasteiger partial charge < -0.3 is 5.32 Å². The average molecular weight is 293 g/mol. The van der Waals surface area contributed by atoms with Crippen LogP contribution in [0.5, 0.6) is 0 Å². The first-order chi connectivity index (χ1) is 9.55. The fraction of sp³-hybridized carbons (Fsp3) is 0.500.